The molecule has 0 aromatic carbocycles. The zero-order valence-electron chi connectivity index (χ0n) is 9.86. The van der Waals surface area contributed by atoms with Gasteiger partial charge in [0.05, 0.1) is 12.7 Å². The second-order valence-electron chi connectivity index (χ2n) is 5.27. The van der Waals surface area contributed by atoms with Crippen LogP contribution in [0, 0.1) is 5.92 Å². The fraction of sp³-hybridized carbons (Fsp3) is 1.00. The molecular formula is C12H23NO3. The first kappa shape index (κ1) is 12.3. The number of hydrogen-bond acceptors (Lipinski definition) is 4. The van der Waals surface area contributed by atoms with E-state index in [1.165, 1.54) is 0 Å². The molecule has 1 saturated carbocycles. The van der Waals surface area contributed by atoms with Gasteiger partial charge < -0.3 is 20.3 Å². The topological polar surface area (TPSA) is 64.7 Å². The summed E-state index contributed by atoms with van der Waals surface area (Å²) in [6.07, 6.45) is 5.13. The third-order valence-electron chi connectivity index (χ3n) is 3.82. The third kappa shape index (κ3) is 3.17. The molecule has 2 unspecified atom stereocenters. The minimum absolute atomic E-state index is 0.0735. The van der Waals surface area contributed by atoms with Gasteiger partial charge in [0.25, 0.3) is 0 Å². The first-order valence-corrected chi connectivity index (χ1v) is 6.31. The predicted octanol–water partition coefficient (Wildman–Crippen LogP) is 0.672. The Morgan fingerprint density at radius 2 is 2.06 bits per heavy atom. The number of aliphatic hydroxyl groups excluding tert-OH is 1. The number of nitrogens with two attached hydrogens (primary N) is 1. The normalized spacial score (nSPS) is 36.8. The van der Waals surface area contributed by atoms with Crippen LogP contribution in [0.4, 0.5) is 0 Å². The predicted molar refractivity (Wildman–Crippen MR) is 61.1 cm³/mol. The van der Waals surface area contributed by atoms with E-state index >= 15 is 0 Å². The van der Waals surface area contributed by atoms with Crippen molar-refractivity contribution in [2.24, 2.45) is 11.7 Å². The largest absolute Gasteiger partial charge is 0.394 e. The van der Waals surface area contributed by atoms with Crippen LogP contribution in [-0.2, 0) is 9.47 Å². The molecule has 4 nitrogen and oxygen atoms in total. The highest BCUT2D eigenvalue weighted by Crippen LogP contribution is 2.30. The average molecular weight is 229 g/mol. The molecule has 16 heavy (non-hydrogen) atoms. The Bertz CT molecular complexity index is 218. The van der Waals surface area contributed by atoms with Crippen LogP contribution in [0.15, 0.2) is 0 Å². The number of hydrogen-bond donors (Lipinski definition) is 2. The summed E-state index contributed by atoms with van der Waals surface area (Å²) < 4.78 is 11.2. The first-order chi connectivity index (χ1) is 7.72. The van der Waals surface area contributed by atoms with Crippen molar-refractivity contribution in [2.75, 3.05) is 26.4 Å². The van der Waals surface area contributed by atoms with Crippen LogP contribution in [0.1, 0.15) is 32.1 Å². The maximum atomic E-state index is 9.16. The standard InChI is InChI=1S/C12H23NO3/c13-12(9-14)4-1-11(7-12)16-8-10-2-5-15-6-3-10/h10-11,14H,1-9,13H2. The second kappa shape index (κ2) is 5.45. The van der Waals surface area contributed by atoms with E-state index in [0.717, 1.165) is 51.9 Å². The van der Waals surface area contributed by atoms with Gasteiger partial charge in [0.2, 0.25) is 0 Å². The van der Waals surface area contributed by atoms with E-state index in [-0.39, 0.29) is 18.2 Å². The monoisotopic (exact) mass is 229 g/mol. The van der Waals surface area contributed by atoms with Crippen LogP contribution in [0.25, 0.3) is 0 Å². The zero-order chi connectivity index (χ0) is 11.4. The van der Waals surface area contributed by atoms with Crippen molar-refractivity contribution < 1.29 is 14.6 Å². The van der Waals surface area contributed by atoms with Crippen LogP contribution in [0.5, 0.6) is 0 Å². The minimum atomic E-state index is -0.389. The maximum absolute atomic E-state index is 9.16. The van der Waals surface area contributed by atoms with Crippen molar-refractivity contribution in [1.29, 1.82) is 0 Å². The Labute approximate surface area is 97.1 Å². The van der Waals surface area contributed by atoms with E-state index in [1.54, 1.807) is 0 Å². The number of aliphatic hydroxyl groups is 1. The maximum Gasteiger partial charge on any atom is 0.0612 e. The lowest BCUT2D eigenvalue weighted by molar-refractivity contribution is -0.0110. The fourth-order valence-corrected chi connectivity index (χ4v) is 2.58. The molecule has 0 aromatic heterocycles. The van der Waals surface area contributed by atoms with E-state index < -0.39 is 0 Å². The third-order valence-corrected chi connectivity index (χ3v) is 3.82. The SMILES string of the molecule is NC1(CO)CCC(OCC2CCOCC2)C1. The molecule has 2 atom stereocenters. The molecule has 1 aliphatic carbocycles. The lowest BCUT2D eigenvalue weighted by atomic mass is 10.0. The highest BCUT2D eigenvalue weighted by Gasteiger charge is 2.35. The van der Waals surface area contributed by atoms with E-state index in [4.69, 9.17) is 20.3 Å². The van der Waals surface area contributed by atoms with Gasteiger partial charge in [-0.25, -0.2) is 0 Å². The number of rotatable bonds is 4. The van der Waals surface area contributed by atoms with Crippen LogP contribution in [0.2, 0.25) is 0 Å². The second-order valence-corrected chi connectivity index (χ2v) is 5.27. The summed E-state index contributed by atoms with van der Waals surface area (Å²) in [5.74, 6) is 0.649. The van der Waals surface area contributed by atoms with Crippen molar-refractivity contribution in [3.8, 4) is 0 Å². The molecule has 0 spiro atoms. The Morgan fingerprint density at radius 1 is 1.31 bits per heavy atom. The van der Waals surface area contributed by atoms with E-state index in [2.05, 4.69) is 0 Å². The van der Waals surface area contributed by atoms with Crippen LogP contribution in [0.3, 0.4) is 0 Å². The van der Waals surface area contributed by atoms with Gasteiger partial charge in [0.15, 0.2) is 0 Å². The molecule has 94 valence electrons. The van der Waals surface area contributed by atoms with Crippen molar-refractivity contribution in [1.82, 2.24) is 0 Å². The van der Waals surface area contributed by atoms with Crippen molar-refractivity contribution >= 4 is 0 Å². The molecular weight excluding hydrogens is 206 g/mol. The molecule has 1 heterocycles. The summed E-state index contributed by atoms with van der Waals surface area (Å²) in [5.41, 5.74) is 5.62. The zero-order valence-corrected chi connectivity index (χ0v) is 9.86. The van der Waals surface area contributed by atoms with Gasteiger partial charge >= 0.3 is 0 Å². The molecule has 4 heteroatoms. The Balaban J connectivity index is 1.67. The van der Waals surface area contributed by atoms with Gasteiger partial charge in [0.1, 0.15) is 0 Å². The summed E-state index contributed by atoms with van der Waals surface area (Å²) in [7, 11) is 0. The lowest BCUT2D eigenvalue weighted by Gasteiger charge is -2.24. The molecule has 0 amide bonds. The highest BCUT2D eigenvalue weighted by atomic mass is 16.5. The minimum Gasteiger partial charge on any atom is -0.394 e. The average Bonchev–Trinajstić information content (AvgIpc) is 2.71. The quantitative estimate of drug-likeness (QED) is 0.743. The smallest absolute Gasteiger partial charge is 0.0612 e. The van der Waals surface area contributed by atoms with E-state index in [1.807, 2.05) is 0 Å². The van der Waals surface area contributed by atoms with Gasteiger partial charge in [0, 0.05) is 25.4 Å². The van der Waals surface area contributed by atoms with Crippen molar-refractivity contribution in [3.63, 3.8) is 0 Å². The molecule has 0 bridgehead atoms. The summed E-state index contributed by atoms with van der Waals surface area (Å²) in [5, 5.41) is 9.16. The van der Waals surface area contributed by atoms with Crippen LogP contribution >= 0.6 is 0 Å². The Morgan fingerprint density at radius 3 is 2.69 bits per heavy atom. The molecule has 1 aliphatic heterocycles. The van der Waals surface area contributed by atoms with Crippen molar-refractivity contribution in [2.45, 2.75) is 43.7 Å². The summed E-state index contributed by atoms with van der Waals surface area (Å²) in [6.45, 7) is 2.64. The van der Waals surface area contributed by atoms with E-state index in [9.17, 15) is 0 Å². The van der Waals surface area contributed by atoms with Gasteiger partial charge in [-0.2, -0.15) is 0 Å². The van der Waals surface area contributed by atoms with Crippen LogP contribution in [-0.4, -0.2) is 43.2 Å². The van der Waals surface area contributed by atoms with Gasteiger partial charge in [-0.15, -0.1) is 0 Å². The van der Waals surface area contributed by atoms with Gasteiger partial charge in [-0.1, -0.05) is 0 Å². The number of ether oxygens (including phenoxy) is 2. The molecule has 2 fully saturated rings. The molecule has 0 aromatic rings. The Kier molecular flexibility index (Phi) is 4.19. The summed E-state index contributed by atoms with van der Waals surface area (Å²) >= 11 is 0. The van der Waals surface area contributed by atoms with E-state index in [0.29, 0.717) is 5.92 Å². The molecule has 2 rings (SSSR count). The summed E-state index contributed by atoms with van der Waals surface area (Å²) in [6, 6.07) is 0. The van der Waals surface area contributed by atoms with Crippen molar-refractivity contribution in [3.05, 3.63) is 0 Å². The molecule has 0 radical (unpaired) electrons. The Hall–Kier alpha value is -0.160. The fourth-order valence-electron chi connectivity index (χ4n) is 2.58. The first-order valence-electron chi connectivity index (χ1n) is 6.31. The van der Waals surface area contributed by atoms with Gasteiger partial charge in [-0.3, -0.25) is 0 Å². The summed E-state index contributed by atoms with van der Waals surface area (Å²) in [4.78, 5) is 0. The molecule has 3 N–H and O–H groups in total. The molecule has 1 saturated heterocycles. The lowest BCUT2D eigenvalue weighted by Crippen LogP contribution is -2.41. The molecule has 2 aliphatic rings. The van der Waals surface area contributed by atoms with Gasteiger partial charge in [-0.05, 0) is 38.0 Å². The van der Waals surface area contributed by atoms with Crippen LogP contribution < -0.4 is 5.73 Å². The highest BCUT2D eigenvalue weighted by molar-refractivity contribution is 4.93.